The molecule has 1 atom stereocenters. The Bertz CT molecular complexity index is 1400. The molecule has 0 spiro atoms. The predicted octanol–water partition coefficient (Wildman–Crippen LogP) is 6.23. The molecule has 1 unspecified atom stereocenters. The number of carbonyl (C=O) groups excluding carboxylic acids is 1. The molecule has 0 bridgehead atoms. The van der Waals surface area contributed by atoms with E-state index in [1.807, 2.05) is 25.1 Å². The number of carboxylic acid groups (broad SMARTS) is 2. The summed E-state index contributed by atoms with van der Waals surface area (Å²) in [6.07, 6.45) is 2.02. The molecule has 0 amide bonds. The Kier molecular flexibility index (Phi) is 13.1. The maximum absolute atomic E-state index is 13.9. The first kappa shape index (κ1) is 35.3. The number of nitrogens with zero attached hydrogens (tertiary/aromatic N) is 1. The summed E-state index contributed by atoms with van der Waals surface area (Å²) in [6.45, 7) is 3.51. The Morgan fingerprint density at radius 1 is 1.04 bits per heavy atom. The number of benzene rings is 2. The second kappa shape index (κ2) is 16.8. The summed E-state index contributed by atoms with van der Waals surface area (Å²) >= 11 is 0. The third-order valence-corrected chi connectivity index (χ3v) is 7.75. The lowest BCUT2D eigenvalue weighted by Gasteiger charge is -2.25. The molecule has 1 aliphatic rings. The summed E-state index contributed by atoms with van der Waals surface area (Å²) in [4.78, 5) is 39.1. The molecule has 9 nitrogen and oxygen atoms in total. The summed E-state index contributed by atoms with van der Waals surface area (Å²) in [5.41, 5.74) is 3.35. The minimum Gasteiger partial charge on any atom is -0.481 e. The van der Waals surface area contributed by atoms with Crippen LogP contribution in [-0.4, -0.2) is 47.0 Å². The number of carbonyl (C=O) groups is 3. The second-order valence-corrected chi connectivity index (χ2v) is 11.0. The molecule has 0 heterocycles. The molecule has 1 saturated carbocycles. The topological polar surface area (TPSA) is 135 Å². The fraction of sp³-hybridized carbons (Fsp3) is 0.455. The van der Waals surface area contributed by atoms with Crippen molar-refractivity contribution >= 4 is 23.6 Å². The van der Waals surface area contributed by atoms with E-state index in [0.717, 1.165) is 48.8 Å². The number of carboxylic acids is 2. The van der Waals surface area contributed by atoms with Crippen molar-refractivity contribution in [1.29, 1.82) is 0 Å². The zero-order chi connectivity index (χ0) is 33.0. The van der Waals surface area contributed by atoms with Crippen LogP contribution in [0.4, 0.5) is 13.2 Å². The van der Waals surface area contributed by atoms with Gasteiger partial charge in [-0.05, 0) is 72.1 Å². The van der Waals surface area contributed by atoms with Gasteiger partial charge >= 0.3 is 24.1 Å². The first-order valence-electron chi connectivity index (χ1n) is 14.9. The van der Waals surface area contributed by atoms with Crippen LogP contribution in [0.2, 0.25) is 0 Å². The Labute approximate surface area is 260 Å². The Morgan fingerprint density at radius 3 is 2.42 bits per heavy atom. The number of ether oxygens (including phenoxy) is 1. The summed E-state index contributed by atoms with van der Waals surface area (Å²) < 4.78 is 46.5. The number of rotatable bonds is 15. The van der Waals surface area contributed by atoms with Crippen LogP contribution in [0.3, 0.4) is 0 Å². The molecule has 244 valence electrons. The van der Waals surface area contributed by atoms with Gasteiger partial charge in [0.1, 0.15) is 19.1 Å². The highest BCUT2D eigenvalue weighted by Gasteiger charge is 2.35. The van der Waals surface area contributed by atoms with Crippen LogP contribution in [0.1, 0.15) is 85.3 Å². The second-order valence-electron chi connectivity index (χ2n) is 11.0. The zero-order valence-electron chi connectivity index (χ0n) is 25.4. The molecule has 12 heteroatoms. The largest absolute Gasteiger partial charge is 0.481 e. The first-order chi connectivity index (χ1) is 21.4. The van der Waals surface area contributed by atoms with Crippen molar-refractivity contribution in [3.63, 3.8) is 0 Å². The number of nitrogens with one attached hydrogen (secondary N) is 1. The fourth-order valence-electron chi connectivity index (χ4n) is 5.29. The lowest BCUT2D eigenvalue weighted by atomic mass is 9.81. The fourth-order valence-corrected chi connectivity index (χ4v) is 5.29. The van der Waals surface area contributed by atoms with Crippen molar-refractivity contribution in [1.82, 2.24) is 5.32 Å². The first-order valence-corrected chi connectivity index (χ1v) is 14.9. The maximum atomic E-state index is 13.9. The van der Waals surface area contributed by atoms with Crippen molar-refractivity contribution in [2.75, 3.05) is 13.2 Å². The molecule has 3 rings (SSSR count). The van der Waals surface area contributed by atoms with Gasteiger partial charge in [0.15, 0.2) is 0 Å². The van der Waals surface area contributed by atoms with Gasteiger partial charge in [0, 0.05) is 25.2 Å². The summed E-state index contributed by atoms with van der Waals surface area (Å²) in [7, 11) is 0. The third-order valence-electron chi connectivity index (χ3n) is 7.75. The van der Waals surface area contributed by atoms with Crippen LogP contribution in [0, 0.1) is 5.92 Å². The molecule has 2 aromatic rings. The van der Waals surface area contributed by atoms with Crippen LogP contribution in [-0.2, 0) is 49.7 Å². The molecule has 2 aromatic carbocycles. The van der Waals surface area contributed by atoms with Gasteiger partial charge in [0.05, 0.1) is 11.3 Å². The SMILES string of the molecule is CCc1cc(/C(C)=N/OCc2ccc(C3CCCCC3)c(C(F)(F)F)c2)ccc1CNCC(COC(=O)/C=C/C(=O)O)C(=O)O. The normalized spacial score (nSPS) is 15.2. The standard InChI is InChI=1S/C33H39F3N2O7/c1-3-23-16-25(10-11-26(23)17-37-18-27(32(42)43)20-44-31(41)14-13-30(39)40)21(2)38-45-19-22-9-12-28(24-7-5-4-6-8-24)29(15-22)33(34,35)36/h9-16,24,27,37H,3-8,17-20H2,1-2H3,(H,39,40)(H,42,43)/b14-13+,38-21+. The van der Waals surface area contributed by atoms with Crippen molar-refractivity contribution in [3.8, 4) is 0 Å². The van der Waals surface area contributed by atoms with Crippen molar-refractivity contribution in [2.45, 2.75) is 77.6 Å². The molecule has 3 N–H and O–H groups in total. The van der Waals surface area contributed by atoms with E-state index >= 15 is 0 Å². The molecule has 1 fully saturated rings. The van der Waals surface area contributed by atoms with Crippen LogP contribution in [0.25, 0.3) is 0 Å². The van der Waals surface area contributed by atoms with Gasteiger partial charge in [-0.15, -0.1) is 0 Å². The van der Waals surface area contributed by atoms with E-state index < -0.39 is 42.2 Å². The zero-order valence-corrected chi connectivity index (χ0v) is 25.4. The number of hydrogen-bond acceptors (Lipinski definition) is 7. The van der Waals surface area contributed by atoms with E-state index in [0.29, 0.717) is 42.0 Å². The number of alkyl halides is 3. The number of oxime groups is 1. The average molecular weight is 633 g/mol. The number of esters is 1. The highest BCUT2D eigenvalue weighted by Crippen LogP contribution is 2.41. The van der Waals surface area contributed by atoms with Crippen molar-refractivity contribution < 1.29 is 47.3 Å². The number of aryl methyl sites for hydroxylation is 1. The van der Waals surface area contributed by atoms with E-state index in [1.54, 1.807) is 19.1 Å². The van der Waals surface area contributed by atoms with Crippen molar-refractivity contribution in [2.24, 2.45) is 11.1 Å². The van der Waals surface area contributed by atoms with E-state index in [2.05, 4.69) is 10.5 Å². The minimum absolute atomic E-state index is 0.00216. The summed E-state index contributed by atoms with van der Waals surface area (Å²) in [5.74, 6) is -4.57. The third kappa shape index (κ3) is 11.0. The maximum Gasteiger partial charge on any atom is 0.416 e. The van der Waals surface area contributed by atoms with E-state index in [4.69, 9.17) is 14.7 Å². The van der Waals surface area contributed by atoms with E-state index in [1.165, 1.54) is 6.07 Å². The molecule has 0 radical (unpaired) electrons. The van der Waals surface area contributed by atoms with E-state index in [9.17, 15) is 32.7 Å². The highest BCUT2D eigenvalue weighted by atomic mass is 19.4. The smallest absolute Gasteiger partial charge is 0.416 e. The molecular weight excluding hydrogens is 593 g/mol. The Morgan fingerprint density at radius 2 is 1.78 bits per heavy atom. The van der Waals surface area contributed by atoms with Gasteiger partial charge in [-0.3, -0.25) is 4.79 Å². The van der Waals surface area contributed by atoms with Gasteiger partial charge in [0.2, 0.25) is 0 Å². The summed E-state index contributed by atoms with van der Waals surface area (Å²) in [6, 6.07) is 10.0. The highest BCUT2D eigenvalue weighted by molar-refractivity contribution is 5.98. The van der Waals surface area contributed by atoms with Crippen LogP contribution in [0.15, 0.2) is 53.7 Å². The molecule has 0 aromatic heterocycles. The lowest BCUT2D eigenvalue weighted by Crippen LogP contribution is -2.32. The lowest BCUT2D eigenvalue weighted by molar-refractivity contribution is -0.148. The van der Waals surface area contributed by atoms with Gasteiger partial charge in [-0.2, -0.15) is 13.2 Å². The molecular formula is C33H39F3N2O7. The Hall–Kier alpha value is -4.19. The number of halogens is 3. The van der Waals surface area contributed by atoms with E-state index in [-0.39, 0.29) is 19.1 Å². The number of hydrogen-bond donors (Lipinski definition) is 3. The molecule has 1 aliphatic carbocycles. The van der Waals surface area contributed by atoms with Crippen LogP contribution >= 0.6 is 0 Å². The number of aliphatic carboxylic acids is 2. The van der Waals surface area contributed by atoms with Gasteiger partial charge in [-0.1, -0.05) is 55.6 Å². The Balaban J connectivity index is 1.59. The van der Waals surface area contributed by atoms with Gasteiger partial charge in [-0.25, -0.2) is 9.59 Å². The average Bonchev–Trinajstić information content (AvgIpc) is 3.01. The molecule has 0 aliphatic heterocycles. The van der Waals surface area contributed by atoms with Crippen LogP contribution in [0.5, 0.6) is 0 Å². The molecule has 0 saturated heterocycles. The van der Waals surface area contributed by atoms with Crippen molar-refractivity contribution in [3.05, 3.63) is 81.9 Å². The minimum atomic E-state index is -4.45. The van der Waals surface area contributed by atoms with Gasteiger partial charge in [0.25, 0.3) is 0 Å². The predicted molar refractivity (Wildman–Crippen MR) is 161 cm³/mol. The summed E-state index contributed by atoms with van der Waals surface area (Å²) in [5, 5.41) is 25.2. The van der Waals surface area contributed by atoms with Gasteiger partial charge < -0.3 is 25.1 Å². The van der Waals surface area contributed by atoms with Crippen LogP contribution < -0.4 is 5.32 Å². The molecule has 45 heavy (non-hydrogen) atoms. The monoisotopic (exact) mass is 632 g/mol. The quantitative estimate of drug-likeness (QED) is 0.0911.